The van der Waals surface area contributed by atoms with Crippen LogP contribution in [0.15, 0.2) is 30.3 Å². The van der Waals surface area contributed by atoms with Gasteiger partial charge in [-0.1, -0.05) is 6.07 Å². The lowest BCUT2D eigenvalue weighted by molar-refractivity contribution is 0.323. The van der Waals surface area contributed by atoms with Crippen molar-refractivity contribution < 1.29 is 18.9 Å². The standard InChI is InChI=1S/C21H24O4/c1-22-14-6-8-15-12(9-14)5-7-16-19(20(15)16)13-10-17(23-2)21(25-4)18(11-13)24-3/h6,8-11,16,19-20H,5,7H2,1-4H3/t16-,19-,20-/m0/s1. The lowest BCUT2D eigenvalue weighted by Crippen LogP contribution is -2.01. The van der Waals surface area contributed by atoms with Crippen molar-refractivity contribution >= 4 is 0 Å². The van der Waals surface area contributed by atoms with E-state index in [1.54, 1.807) is 28.4 Å². The summed E-state index contributed by atoms with van der Waals surface area (Å²) in [5, 5.41) is 0. The zero-order chi connectivity index (χ0) is 17.6. The Morgan fingerprint density at radius 3 is 2.12 bits per heavy atom. The molecule has 25 heavy (non-hydrogen) atoms. The second kappa shape index (κ2) is 6.17. The number of benzene rings is 2. The van der Waals surface area contributed by atoms with E-state index < -0.39 is 0 Å². The molecule has 1 saturated carbocycles. The van der Waals surface area contributed by atoms with Crippen molar-refractivity contribution in [1.29, 1.82) is 0 Å². The molecular formula is C21H24O4. The molecule has 0 aromatic heterocycles. The molecule has 2 aromatic carbocycles. The molecular weight excluding hydrogens is 316 g/mol. The minimum absolute atomic E-state index is 0.517. The van der Waals surface area contributed by atoms with Gasteiger partial charge in [0.25, 0.3) is 0 Å². The molecule has 0 aliphatic heterocycles. The molecule has 0 radical (unpaired) electrons. The third-order valence-corrected chi connectivity index (χ3v) is 5.70. The van der Waals surface area contributed by atoms with E-state index in [0.29, 0.717) is 23.5 Å². The molecule has 0 saturated heterocycles. The Morgan fingerprint density at radius 1 is 0.800 bits per heavy atom. The van der Waals surface area contributed by atoms with Crippen LogP contribution in [0.3, 0.4) is 0 Å². The largest absolute Gasteiger partial charge is 0.497 e. The van der Waals surface area contributed by atoms with Crippen LogP contribution in [0.5, 0.6) is 23.0 Å². The van der Waals surface area contributed by atoms with Gasteiger partial charge in [0.1, 0.15) is 5.75 Å². The topological polar surface area (TPSA) is 36.9 Å². The summed E-state index contributed by atoms with van der Waals surface area (Å²) in [6.07, 6.45) is 2.33. The van der Waals surface area contributed by atoms with Gasteiger partial charge < -0.3 is 18.9 Å². The van der Waals surface area contributed by atoms with E-state index in [1.807, 2.05) is 0 Å². The summed E-state index contributed by atoms with van der Waals surface area (Å²) in [7, 11) is 6.70. The first-order valence-electron chi connectivity index (χ1n) is 8.68. The smallest absolute Gasteiger partial charge is 0.203 e. The Hall–Kier alpha value is -2.36. The molecule has 0 bridgehead atoms. The number of hydrogen-bond donors (Lipinski definition) is 0. The van der Waals surface area contributed by atoms with Gasteiger partial charge in [-0.05, 0) is 71.6 Å². The quantitative estimate of drug-likeness (QED) is 0.819. The van der Waals surface area contributed by atoms with Gasteiger partial charge in [-0.3, -0.25) is 0 Å². The second-order valence-electron chi connectivity index (χ2n) is 6.78. The average Bonchev–Trinajstić information content (AvgIpc) is 3.41. The summed E-state index contributed by atoms with van der Waals surface area (Å²) < 4.78 is 21.9. The fourth-order valence-electron chi connectivity index (χ4n) is 4.48. The van der Waals surface area contributed by atoms with Crippen molar-refractivity contribution in [3.8, 4) is 23.0 Å². The Balaban J connectivity index is 1.70. The normalized spacial score (nSPS) is 23.3. The molecule has 4 rings (SSSR count). The van der Waals surface area contributed by atoms with Crippen LogP contribution in [-0.4, -0.2) is 28.4 Å². The number of aryl methyl sites for hydroxylation is 1. The van der Waals surface area contributed by atoms with Gasteiger partial charge in [0.05, 0.1) is 28.4 Å². The third kappa shape index (κ3) is 2.51. The zero-order valence-corrected chi connectivity index (χ0v) is 15.2. The first-order chi connectivity index (χ1) is 12.2. The van der Waals surface area contributed by atoms with Crippen LogP contribution in [0.1, 0.15) is 34.9 Å². The summed E-state index contributed by atoms with van der Waals surface area (Å²) >= 11 is 0. The van der Waals surface area contributed by atoms with Crippen LogP contribution in [0, 0.1) is 5.92 Å². The van der Waals surface area contributed by atoms with Gasteiger partial charge >= 0.3 is 0 Å². The van der Waals surface area contributed by atoms with E-state index in [4.69, 9.17) is 18.9 Å². The summed E-state index contributed by atoms with van der Waals surface area (Å²) in [5.41, 5.74) is 4.17. The fraction of sp³-hybridized carbons (Fsp3) is 0.429. The van der Waals surface area contributed by atoms with Gasteiger partial charge in [-0.15, -0.1) is 0 Å². The molecule has 3 atom stereocenters. The summed E-state index contributed by atoms with van der Waals surface area (Å²) in [6, 6.07) is 10.7. The highest BCUT2D eigenvalue weighted by molar-refractivity contribution is 5.57. The van der Waals surface area contributed by atoms with E-state index in [2.05, 4.69) is 30.3 Å². The number of rotatable bonds is 5. The van der Waals surface area contributed by atoms with E-state index in [-0.39, 0.29) is 0 Å². The van der Waals surface area contributed by atoms with E-state index in [0.717, 1.165) is 23.7 Å². The molecule has 2 aromatic rings. The monoisotopic (exact) mass is 340 g/mol. The van der Waals surface area contributed by atoms with Crippen molar-refractivity contribution in [3.63, 3.8) is 0 Å². The van der Waals surface area contributed by atoms with E-state index >= 15 is 0 Å². The van der Waals surface area contributed by atoms with Crippen LogP contribution in [-0.2, 0) is 6.42 Å². The molecule has 0 N–H and O–H groups in total. The Labute approximate surface area is 148 Å². The highest BCUT2D eigenvalue weighted by Crippen LogP contribution is 2.66. The Kier molecular flexibility index (Phi) is 3.98. The minimum Gasteiger partial charge on any atom is -0.497 e. The lowest BCUT2D eigenvalue weighted by Gasteiger charge is -2.15. The maximum atomic E-state index is 5.53. The molecule has 2 aliphatic carbocycles. The van der Waals surface area contributed by atoms with E-state index in [1.165, 1.54) is 23.1 Å². The Bertz CT molecular complexity index is 773. The average molecular weight is 340 g/mol. The van der Waals surface area contributed by atoms with Gasteiger partial charge in [0.2, 0.25) is 5.75 Å². The predicted molar refractivity (Wildman–Crippen MR) is 96.4 cm³/mol. The first-order valence-corrected chi connectivity index (χ1v) is 8.68. The lowest BCUT2D eigenvalue weighted by atomic mass is 9.91. The van der Waals surface area contributed by atoms with Crippen molar-refractivity contribution in [2.24, 2.45) is 5.92 Å². The molecule has 2 aliphatic rings. The molecule has 1 fully saturated rings. The molecule has 132 valence electrons. The van der Waals surface area contributed by atoms with Gasteiger partial charge in [-0.25, -0.2) is 0 Å². The third-order valence-electron chi connectivity index (χ3n) is 5.70. The number of ether oxygens (including phenoxy) is 4. The highest BCUT2D eigenvalue weighted by Gasteiger charge is 2.54. The van der Waals surface area contributed by atoms with Crippen molar-refractivity contribution in [1.82, 2.24) is 0 Å². The summed E-state index contributed by atoms with van der Waals surface area (Å²) in [5.74, 6) is 4.86. The molecule has 0 heterocycles. The van der Waals surface area contributed by atoms with Gasteiger partial charge in [0, 0.05) is 0 Å². The predicted octanol–water partition coefficient (Wildman–Crippen LogP) is 4.16. The Morgan fingerprint density at radius 2 is 1.52 bits per heavy atom. The minimum atomic E-state index is 0.517. The van der Waals surface area contributed by atoms with Crippen molar-refractivity contribution in [2.45, 2.75) is 24.7 Å². The van der Waals surface area contributed by atoms with Crippen molar-refractivity contribution in [3.05, 3.63) is 47.0 Å². The van der Waals surface area contributed by atoms with E-state index in [9.17, 15) is 0 Å². The molecule has 0 amide bonds. The molecule has 0 spiro atoms. The SMILES string of the molecule is COc1ccc2c(c1)CC[C@H]1[C@H](c3cc(OC)c(OC)c(OC)c3)[C@@H]21. The fourth-order valence-corrected chi connectivity index (χ4v) is 4.48. The van der Waals surface area contributed by atoms with Crippen LogP contribution in [0.2, 0.25) is 0 Å². The van der Waals surface area contributed by atoms with Gasteiger partial charge in [0.15, 0.2) is 11.5 Å². The highest BCUT2D eigenvalue weighted by atomic mass is 16.5. The number of hydrogen-bond acceptors (Lipinski definition) is 4. The van der Waals surface area contributed by atoms with Gasteiger partial charge in [-0.2, -0.15) is 0 Å². The van der Waals surface area contributed by atoms with Crippen molar-refractivity contribution in [2.75, 3.05) is 28.4 Å². The van der Waals surface area contributed by atoms with Crippen LogP contribution in [0.4, 0.5) is 0 Å². The second-order valence-corrected chi connectivity index (χ2v) is 6.78. The molecule has 4 nitrogen and oxygen atoms in total. The number of fused-ring (bicyclic) bond motifs is 3. The number of methoxy groups -OCH3 is 4. The summed E-state index contributed by atoms with van der Waals surface area (Å²) in [6.45, 7) is 0. The zero-order valence-electron chi connectivity index (χ0n) is 15.2. The molecule has 0 unspecified atom stereocenters. The summed E-state index contributed by atoms with van der Waals surface area (Å²) in [4.78, 5) is 0. The molecule has 4 heteroatoms. The van der Waals surface area contributed by atoms with Crippen LogP contribution < -0.4 is 18.9 Å². The van der Waals surface area contributed by atoms with Crippen LogP contribution in [0.25, 0.3) is 0 Å². The first kappa shape index (κ1) is 16.1. The van der Waals surface area contributed by atoms with Crippen LogP contribution >= 0.6 is 0 Å². The maximum Gasteiger partial charge on any atom is 0.203 e. The maximum absolute atomic E-state index is 5.53.